The maximum Gasteiger partial charge on any atom is 0.209 e. The van der Waals surface area contributed by atoms with Gasteiger partial charge in [0.1, 0.15) is 24.4 Å². The molecule has 0 heterocycles. The normalized spacial score (nSPS) is 19.1. The topological polar surface area (TPSA) is 121 Å². The number of aliphatic hydroxyl groups is 5. The number of aliphatic hydroxyl groups excluding tert-OH is 5. The highest BCUT2D eigenvalue weighted by Gasteiger charge is 2.30. The summed E-state index contributed by atoms with van der Waals surface area (Å²) < 4.78 is 0. The van der Waals surface area contributed by atoms with Gasteiger partial charge >= 0.3 is 0 Å². The molecule has 4 unspecified atom stereocenters. The number of hydrogen-bond acceptors (Lipinski definition) is 6. The largest absolute Gasteiger partial charge is 0.394 e. The third-order valence-electron chi connectivity index (χ3n) is 1.98. The van der Waals surface area contributed by atoms with E-state index in [1.807, 2.05) is 0 Å². The van der Waals surface area contributed by atoms with Crippen molar-refractivity contribution >= 4 is 6.41 Å². The molecule has 90 valence electrons. The van der Waals surface area contributed by atoms with Crippen molar-refractivity contribution < 1.29 is 30.3 Å². The summed E-state index contributed by atoms with van der Waals surface area (Å²) in [6, 6.07) is 0. The predicted molar refractivity (Wildman–Crippen MR) is 49.8 cm³/mol. The Morgan fingerprint density at radius 3 is 2.00 bits per heavy atom. The Kier molecular flexibility index (Phi) is 6.37. The van der Waals surface area contributed by atoms with Crippen LogP contribution in [0.1, 0.15) is 0 Å². The highest BCUT2D eigenvalue weighted by Crippen LogP contribution is 2.05. The molecule has 0 aliphatic carbocycles. The van der Waals surface area contributed by atoms with Crippen LogP contribution in [0.5, 0.6) is 0 Å². The summed E-state index contributed by atoms with van der Waals surface area (Å²) in [6.45, 7) is -0.908. The van der Waals surface area contributed by atoms with Gasteiger partial charge in [-0.1, -0.05) is 0 Å². The van der Waals surface area contributed by atoms with Gasteiger partial charge in [-0.25, -0.2) is 0 Å². The number of hydrogen-bond donors (Lipinski definition) is 5. The van der Waals surface area contributed by atoms with Gasteiger partial charge in [-0.2, -0.15) is 0 Å². The van der Waals surface area contributed by atoms with Crippen LogP contribution in [-0.4, -0.2) is 81.5 Å². The summed E-state index contributed by atoms with van der Waals surface area (Å²) in [4.78, 5) is 11.3. The van der Waals surface area contributed by atoms with Crippen LogP contribution in [0.2, 0.25) is 0 Å². The molecule has 0 saturated carbocycles. The van der Waals surface area contributed by atoms with Crippen molar-refractivity contribution in [3.63, 3.8) is 0 Å². The molecule has 0 aromatic carbocycles. The van der Waals surface area contributed by atoms with Crippen LogP contribution in [0.3, 0.4) is 0 Å². The molecule has 1 amide bonds. The first-order chi connectivity index (χ1) is 6.93. The third kappa shape index (κ3) is 4.54. The third-order valence-corrected chi connectivity index (χ3v) is 1.98. The lowest BCUT2D eigenvalue weighted by Gasteiger charge is -2.27. The van der Waals surface area contributed by atoms with Crippen molar-refractivity contribution in [3.8, 4) is 0 Å². The highest BCUT2D eigenvalue weighted by molar-refractivity contribution is 5.46. The second-order valence-electron chi connectivity index (χ2n) is 3.34. The Morgan fingerprint density at radius 2 is 1.60 bits per heavy atom. The number of rotatable bonds is 7. The van der Waals surface area contributed by atoms with Crippen molar-refractivity contribution in [3.05, 3.63) is 0 Å². The minimum atomic E-state index is -1.66. The van der Waals surface area contributed by atoms with Crippen LogP contribution in [0.25, 0.3) is 0 Å². The molecule has 5 N–H and O–H groups in total. The van der Waals surface area contributed by atoms with E-state index in [4.69, 9.17) is 10.2 Å². The van der Waals surface area contributed by atoms with Gasteiger partial charge < -0.3 is 30.4 Å². The first kappa shape index (κ1) is 14.3. The maximum atomic E-state index is 10.2. The Bertz CT molecular complexity index is 190. The van der Waals surface area contributed by atoms with Crippen LogP contribution >= 0.6 is 0 Å². The van der Waals surface area contributed by atoms with Crippen LogP contribution in [0.4, 0.5) is 0 Å². The Labute approximate surface area is 87.2 Å². The lowest BCUT2D eigenvalue weighted by atomic mass is 10.0. The van der Waals surface area contributed by atoms with Crippen LogP contribution in [0, 0.1) is 0 Å². The molecule has 0 rings (SSSR count). The second kappa shape index (κ2) is 6.70. The minimum Gasteiger partial charge on any atom is -0.394 e. The fraction of sp³-hybridized carbons (Fsp3) is 0.875. The van der Waals surface area contributed by atoms with Crippen molar-refractivity contribution in [2.75, 3.05) is 20.2 Å². The molecule has 0 radical (unpaired) electrons. The zero-order valence-corrected chi connectivity index (χ0v) is 8.39. The van der Waals surface area contributed by atoms with E-state index in [2.05, 4.69) is 0 Å². The fourth-order valence-electron chi connectivity index (χ4n) is 1.01. The van der Waals surface area contributed by atoms with Crippen LogP contribution in [-0.2, 0) is 4.79 Å². The predicted octanol–water partition coefficient (Wildman–Crippen LogP) is -3.49. The summed E-state index contributed by atoms with van der Waals surface area (Å²) in [6.07, 6.45) is -5.77. The number of nitrogens with zero attached hydrogens (tertiary/aromatic N) is 1. The molecule has 15 heavy (non-hydrogen) atoms. The quantitative estimate of drug-likeness (QED) is 0.286. The minimum absolute atomic E-state index is 0.181. The number of amides is 1. The number of carbonyl (C=O) groups is 1. The van der Waals surface area contributed by atoms with Gasteiger partial charge in [-0.05, 0) is 0 Å². The highest BCUT2D eigenvalue weighted by atomic mass is 16.4. The molecule has 0 aromatic rings. The van der Waals surface area contributed by atoms with E-state index < -0.39 is 31.0 Å². The average Bonchev–Trinajstić information content (AvgIpc) is 2.25. The molecule has 7 heteroatoms. The Morgan fingerprint density at radius 1 is 1.13 bits per heavy atom. The average molecular weight is 223 g/mol. The van der Waals surface area contributed by atoms with E-state index in [0.717, 1.165) is 4.90 Å². The Hall–Kier alpha value is -0.730. The summed E-state index contributed by atoms with van der Waals surface area (Å²) in [5, 5.41) is 45.3. The van der Waals surface area contributed by atoms with Gasteiger partial charge in [0, 0.05) is 13.6 Å². The standard InChI is InChI=1S/C8H17NO6/c1-9(4-11)2-5(12)7(14)8(15)6(13)3-10/h4-8,10,12-15H,2-3H2,1H3. The molecular formula is C8H17NO6. The lowest BCUT2D eigenvalue weighted by molar-refractivity contribution is -0.128. The molecule has 0 saturated heterocycles. The van der Waals surface area contributed by atoms with Gasteiger partial charge in [0.15, 0.2) is 0 Å². The van der Waals surface area contributed by atoms with Gasteiger partial charge in [0.25, 0.3) is 0 Å². The molecule has 0 aromatic heterocycles. The van der Waals surface area contributed by atoms with Gasteiger partial charge in [-0.3, -0.25) is 4.79 Å². The zero-order chi connectivity index (χ0) is 12.0. The summed E-state index contributed by atoms with van der Waals surface area (Å²) >= 11 is 0. The van der Waals surface area contributed by atoms with E-state index in [9.17, 15) is 20.1 Å². The van der Waals surface area contributed by atoms with Crippen molar-refractivity contribution in [1.82, 2.24) is 4.90 Å². The SMILES string of the molecule is CN(C=O)CC(O)C(O)C(O)C(O)CO. The maximum absolute atomic E-state index is 10.2. The first-order valence-corrected chi connectivity index (χ1v) is 4.42. The van der Waals surface area contributed by atoms with Crippen molar-refractivity contribution in [1.29, 1.82) is 0 Å². The van der Waals surface area contributed by atoms with Crippen LogP contribution < -0.4 is 0 Å². The van der Waals surface area contributed by atoms with Gasteiger partial charge in [-0.15, -0.1) is 0 Å². The number of carbonyl (C=O) groups excluding carboxylic acids is 1. The molecule has 0 spiro atoms. The molecular weight excluding hydrogens is 206 g/mol. The smallest absolute Gasteiger partial charge is 0.209 e. The molecule has 0 aliphatic heterocycles. The van der Waals surface area contributed by atoms with Crippen LogP contribution in [0.15, 0.2) is 0 Å². The molecule has 0 aliphatic rings. The molecule has 4 atom stereocenters. The molecule has 7 nitrogen and oxygen atoms in total. The zero-order valence-electron chi connectivity index (χ0n) is 8.39. The number of likely N-dealkylation sites (N-methyl/N-ethyl adjacent to an activating group) is 1. The van der Waals surface area contributed by atoms with E-state index >= 15 is 0 Å². The first-order valence-electron chi connectivity index (χ1n) is 4.42. The van der Waals surface area contributed by atoms with E-state index in [0.29, 0.717) is 6.41 Å². The van der Waals surface area contributed by atoms with Crippen molar-refractivity contribution in [2.45, 2.75) is 24.4 Å². The molecule has 0 bridgehead atoms. The van der Waals surface area contributed by atoms with Gasteiger partial charge in [0.05, 0.1) is 6.61 Å². The van der Waals surface area contributed by atoms with E-state index in [-0.39, 0.29) is 6.54 Å². The summed E-state index contributed by atoms with van der Waals surface area (Å²) in [5.41, 5.74) is 0. The fourth-order valence-corrected chi connectivity index (χ4v) is 1.01. The lowest BCUT2D eigenvalue weighted by Crippen LogP contribution is -2.49. The summed E-state index contributed by atoms with van der Waals surface area (Å²) in [7, 11) is 1.39. The summed E-state index contributed by atoms with van der Waals surface area (Å²) in [5.74, 6) is 0. The van der Waals surface area contributed by atoms with Crippen molar-refractivity contribution in [2.24, 2.45) is 0 Å². The van der Waals surface area contributed by atoms with E-state index in [1.54, 1.807) is 0 Å². The second-order valence-corrected chi connectivity index (χ2v) is 3.34. The monoisotopic (exact) mass is 223 g/mol. The molecule has 0 fully saturated rings. The van der Waals surface area contributed by atoms with E-state index in [1.165, 1.54) is 7.05 Å². The Balaban J connectivity index is 4.17. The van der Waals surface area contributed by atoms with Gasteiger partial charge in [0.2, 0.25) is 6.41 Å².